The van der Waals surface area contributed by atoms with Crippen LogP contribution < -0.4 is 10.1 Å². The van der Waals surface area contributed by atoms with Gasteiger partial charge in [-0.1, -0.05) is 54.6 Å². The highest BCUT2D eigenvalue weighted by Crippen LogP contribution is 2.42. The Hall–Kier alpha value is -4.71. The normalized spacial score (nSPS) is 13.6. The summed E-state index contributed by atoms with van der Waals surface area (Å²) >= 11 is 0. The summed E-state index contributed by atoms with van der Waals surface area (Å²) in [7, 11) is 3.43. The number of benzene rings is 2. The molecule has 0 aliphatic heterocycles. The summed E-state index contributed by atoms with van der Waals surface area (Å²) in [6.07, 6.45) is 1.78. The van der Waals surface area contributed by atoms with E-state index in [9.17, 15) is 13.2 Å². The van der Waals surface area contributed by atoms with Gasteiger partial charge in [0.15, 0.2) is 11.5 Å². The zero-order valence-electron chi connectivity index (χ0n) is 25.8. The maximum Gasteiger partial charge on any atom is 0.434 e. The van der Waals surface area contributed by atoms with Crippen molar-refractivity contribution >= 4 is 18.9 Å². The molecular weight excluding hydrogens is 581 g/mol. The van der Waals surface area contributed by atoms with E-state index in [1.54, 1.807) is 23.8 Å². The lowest BCUT2D eigenvalue weighted by Gasteiger charge is -2.11. The first-order chi connectivity index (χ1) is 21.7. The molecule has 1 saturated carbocycles. The molecule has 5 rings (SSSR count). The first-order valence-corrected chi connectivity index (χ1v) is 14.5. The van der Waals surface area contributed by atoms with Crippen LogP contribution in [0.15, 0.2) is 82.1 Å². The predicted octanol–water partition coefficient (Wildman–Crippen LogP) is 6.91. The van der Waals surface area contributed by atoms with Crippen LogP contribution in [0.5, 0.6) is 5.88 Å². The number of methoxy groups -OCH3 is 1. The highest BCUT2D eigenvalue weighted by atomic mass is 19.4. The van der Waals surface area contributed by atoms with E-state index in [4.69, 9.17) is 4.74 Å². The monoisotopic (exact) mass is 618 g/mol. The van der Waals surface area contributed by atoms with Crippen molar-refractivity contribution in [2.75, 3.05) is 14.2 Å². The van der Waals surface area contributed by atoms with Crippen molar-refractivity contribution in [3.8, 4) is 17.3 Å². The van der Waals surface area contributed by atoms with Crippen molar-refractivity contribution in [1.29, 1.82) is 0 Å². The van der Waals surface area contributed by atoms with Crippen molar-refractivity contribution in [3.05, 3.63) is 95.2 Å². The molecule has 1 fully saturated rings. The quantitative estimate of drug-likeness (QED) is 0.154. The fourth-order valence-electron chi connectivity index (χ4n) is 4.56. The molecule has 1 aliphatic carbocycles. The third kappa shape index (κ3) is 8.91. The molecule has 4 aromatic rings. The topological polar surface area (TPSA) is 102 Å². The third-order valence-electron chi connectivity index (χ3n) is 6.91. The molecule has 2 aromatic heterocycles. The Bertz CT molecular complexity index is 1610. The first kappa shape index (κ1) is 33.2. The van der Waals surface area contributed by atoms with Crippen molar-refractivity contribution < 1.29 is 17.9 Å². The van der Waals surface area contributed by atoms with Gasteiger partial charge in [-0.2, -0.15) is 13.2 Å². The zero-order valence-corrected chi connectivity index (χ0v) is 25.8. The predicted molar refractivity (Wildman–Crippen MR) is 171 cm³/mol. The molecule has 236 valence electrons. The number of rotatable bonds is 10. The molecule has 0 bridgehead atoms. The summed E-state index contributed by atoms with van der Waals surface area (Å²) in [4.78, 5) is 25.1. The number of ether oxygens (including phenoxy) is 1. The molecule has 45 heavy (non-hydrogen) atoms. The molecule has 0 atom stereocenters. The Balaban J connectivity index is 0.000000207. The molecule has 12 heteroatoms. The minimum atomic E-state index is -4.43. The summed E-state index contributed by atoms with van der Waals surface area (Å²) in [5.74, 6) is 1.77. The third-order valence-corrected chi connectivity index (χ3v) is 6.91. The minimum Gasteiger partial charge on any atom is -0.480 e. The molecule has 0 amide bonds. The van der Waals surface area contributed by atoms with E-state index in [1.807, 2.05) is 63.4 Å². The van der Waals surface area contributed by atoms with Crippen molar-refractivity contribution in [3.63, 3.8) is 0 Å². The Labute approximate surface area is 261 Å². The molecule has 0 radical (unpaired) electrons. The van der Waals surface area contributed by atoms with Crippen LogP contribution in [0.25, 0.3) is 11.4 Å². The summed E-state index contributed by atoms with van der Waals surface area (Å²) in [5.41, 5.74) is 3.68. The second-order valence-corrected chi connectivity index (χ2v) is 10.6. The highest BCUT2D eigenvalue weighted by Gasteiger charge is 2.35. The number of hydrogen-bond acceptors (Lipinski definition) is 6. The van der Waals surface area contributed by atoms with E-state index in [0.717, 1.165) is 41.4 Å². The van der Waals surface area contributed by atoms with Crippen LogP contribution in [0.3, 0.4) is 0 Å². The largest absolute Gasteiger partial charge is 0.480 e. The number of hydrogen-bond donors (Lipinski definition) is 1. The number of halogens is 3. The van der Waals surface area contributed by atoms with Gasteiger partial charge < -0.3 is 14.6 Å². The zero-order chi connectivity index (χ0) is 32.4. The van der Waals surface area contributed by atoms with E-state index in [0.29, 0.717) is 42.1 Å². The van der Waals surface area contributed by atoms with Crippen LogP contribution in [-0.4, -0.2) is 52.6 Å². The van der Waals surface area contributed by atoms with E-state index in [1.165, 1.54) is 12.7 Å². The Morgan fingerprint density at radius 2 is 1.80 bits per heavy atom. The number of amidine groups is 1. The second kappa shape index (κ2) is 15.3. The Kier molecular flexibility index (Phi) is 11.3. The number of nitrogens with zero attached hydrogens (tertiary/aromatic N) is 7. The summed E-state index contributed by atoms with van der Waals surface area (Å²) < 4.78 is 45.5. The van der Waals surface area contributed by atoms with Crippen LogP contribution in [0.4, 0.5) is 13.2 Å². The molecule has 0 spiro atoms. The van der Waals surface area contributed by atoms with Crippen LogP contribution in [0.1, 0.15) is 66.7 Å². The summed E-state index contributed by atoms with van der Waals surface area (Å²) in [5, 5.41) is 3.03. The van der Waals surface area contributed by atoms with Gasteiger partial charge >= 0.3 is 6.18 Å². The van der Waals surface area contributed by atoms with Gasteiger partial charge in [-0.3, -0.25) is 9.98 Å². The average Bonchev–Trinajstić information content (AvgIpc) is 3.78. The Morgan fingerprint density at radius 3 is 2.38 bits per heavy atom. The Morgan fingerprint density at radius 1 is 1.09 bits per heavy atom. The van der Waals surface area contributed by atoms with Gasteiger partial charge in [-0.15, -0.1) is 0 Å². The summed E-state index contributed by atoms with van der Waals surface area (Å²) in [6.45, 7) is 8.33. The highest BCUT2D eigenvalue weighted by molar-refractivity contribution is 6.05. The molecule has 1 N–H and O–H groups in total. The molecule has 0 unspecified atom stereocenters. The number of alkyl halides is 3. The van der Waals surface area contributed by atoms with Gasteiger partial charge in [0.1, 0.15) is 24.1 Å². The average molecular weight is 619 g/mol. The van der Waals surface area contributed by atoms with E-state index >= 15 is 0 Å². The minimum absolute atomic E-state index is 0.0967. The lowest BCUT2D eigenvalue weighted by Crippen LogP contribution is -2.09. The molecule has 1 aliphatic rings. The molecule has 2 aromatic carbocycles. The van der Waals surface area contributed by atoms with Gasteiger partial charge in [0.25, 0.3) is 0 Å². The van der Waals surface area contributed by atoms with Crippen LogP contribution in [0, 0.1) is 0 Å². The molecule has 9 nitrogen and oxygen atoms in total. The van der Waals surface area contributed by atoms with Gasteiger partial charge in [0, 0.05) is 30.3 Å². The van der Waals surface area contributed by atoms with E-state index in [-0.39, 0.29) is 6.04 Å². The van der Waals surface area contributed by atoms with Gasteiger partial charge in [-0.25, -0.2) is 19.9 Å². The van der Waals surface area contributed by atoms with E-state index in [2.05, 4.69) is 42.0 Å². The maximum absolute atomic E-state index is 12.8. The maximum atomic E-state index is 12.8. The number of imidazole rings is 1. The smallest absolute Gasteiger partial charge is 0.434 e. The lowest BCUT2D eigenvalue weighted by atomic mass is 10.1. The fourth-order valence-corrected chi connectivity index (χ4v) is 4.56. The number of nitrogens with one attached hydrogen (secondary N) is 1. The standard InChI is InChI=1S/C18H19N5O.C15H18F3N3/c1-19-11-22-17(20-10-13-6-4-3-5-7-13)15-16(14-8-9-14)21-12-23-18(15)24-2;1-10(2)21-9-13(15(16,17)18)20-14(21)12-6-4-11(5-7-12)8-19-3/h3-7,11-12,14H,1,8-10H2,2H3;4-7,9-10,19H,8H2,1-3H3. The van der Waals surface area contributed by atoms with Gasteiger partial charge in [0.05, 0.1) is 19.3 Å². The second-order valence-electron chi connectivity index (χ2n) is 10.6. The molecule has 2 heterocycles. The van der Waals surface area contributed by atoms with Crippen molar-refractivity contribution in [1.82, 2.24) is 24.8 Å². The first-order valence-electron chi connectivity index (χ1n) is 14.5. The van der Waals surface area contributed by atoms with Crippen molar-refractivity contribution in [2.24, 2.45) is 15.0 Å². The van der Waals surface area contributed by atoms with Gasteiger partial charge in [-0.05, 0) is 51.6 Å². The van der Waals surface area contributed by atoms with Crippen molar-refractivity contribution in [2.45, 2.75) is 57.9 Å². The fraction of sp³-hybridized carbons (Fsp3) is 0.333. The SMILES string of the molecule is C=NC=NC(=NCc1ccccc1)c1c(OC)ncnc1C1CC1.CNCc1ccc(-c2nc(C(F)(F)F)cn2C(C)C)cc1. The summed E-state index contributed by atoms with van der Waals surface area (Å²) in [6, 6.07) is 17.3. The lowest BCUT2D eigenvalue weighted by molar-refractivity contribution is -0.140. The molecule has 0 saturated heterocycles. The number of aromatic nitrogens is 4. The van der Waals surface area contributed by atoms with E-state index < -0.39 is 11.9 Å². The van der Waals surface area contributed by atoms with Crippen LogP contribution in [-0.2, 0) is 19.3 Å². The molecular formula is C33H37F3N8O. The van der Waals surface area contributed by atoms with Crippen LogP contribution >= 0.6 is 0 Å². The van der Waals surface area contributed by atoms with Crippen LogP contribution in [0.2, 0.25) is 0 Å². The number of aliphatic imine (C=N–C) groups is 3. The van der Waals surface area contributed by atoms with Gasteiger partial charge in [0.2, 0.25) is 5.88 Å².